The third kappa shape index (κ3) is 4.58. The molecule has 15 heavy (non-hydrogen) atoms. The van der Waals surface area contributed by atoms with E-state index in [-0.39, 0.29) is 0 Å². The van der Waals surface area contributed by atoms with Crippen LogP contribution >= 0.6 is 43.2 Å². The van der Waals surface area contributed by atoms with E-state index in [1.807, 2.05) is 11.3 Å². The van der Waals surface area contributed by atoms with Crippen LogP contribution < -0.4 is 0 Å². The van der Waals surface area contributed by atoms with E-state index in [2.05, 4.69) is 64.1 Å². The Morgan fingerprint density at radius 1 is 1.40 bits per heavy atom. The lowest BCUT2D eigenvalue weighted by Crippen LogP contribution is -2.20. The van der Waals surface area contributed by atoms with Crippen molar-refractivity contribution in [3.05, 3.63) is 20.8 Å². The number of aryl methyl sites for hydroxylation is 1. The van der Waals surface area contributed by atoms with E-state index in [1.165, 1.54) is 28.6 Å². The van der Waals surface area contributed by atoms with Crippen molar-refractivity contribution in [1.29, 1.82) is 0 Å². The van der Waals surface area contributed by atoms with Gasteiger partial charge in [-0.2, -0.15) is 0 Å². The first-order chi connectivity index (χ1) is 6.91. The second-order valence-electron chi connectivity index (χ2n) is 4.92. The van der Waals surface area contributed by atoms with Gasteiger partial charge in [-0.25, -0.2) is 0 Å². The summed E-state index contributed by atoms with van der Waals surface area (Å²) in [5.74, 6) is 0. The Balaban J connectivity index is 2.31. The van der Waals surface area contributed by atoms with Gasteiger partial charge in [0.1, 0.15) is 0 Å². The molecule has 0 saturated carbocycles. The predicted molar refractivity (Wildman–Crippen MR) is 77.1 cm³/mol. The molecule has 0 aliphatic rings. The maximum absolute atomic E-state index is 3.77. The van der Waals surface area contributed by atoms with E-state index in [0.29, 0.717) is 10.2 Å². The van der Waals surface area contributed by atoms with Gasteiger partial charge in [0.15, 0.2) is 0 Å². The Labute approximate surface area is 114 Å². The molecular weight excluding hydrogens is 336 g/mol. The molecule has 0 aromatic carbocycles. The molecule has 0 amide bonds. The number of alkyl halides is 1. The van der Waals surface area contributed by atoms with Crippen molar-refractivity contribution >= 4 is 43.2 Å². The molecule has 1 rings (SSSR count). The fourth-order valence-corrected chi connectivity index (χ4v) is 3.30. The lowest BCUT2D eigenvalue weighted by atomic mass is 9.89. The van der Waals surface area contributed by atoms with Gasteiger partial charge >= 0.3 is 0 Å². The molecule has 1 atom stereocenters. The van der Waals surface area contributed by atoms with Gasteiger partial charge < -0.3 is 0 Å². The summed E-state index contributed by atoms with van der Waals surface area (Å²) in [4.78, 5) is 2.09. The number of thiophene rings is 1. The van der Waals surface area contributed by atoms with Crippen molar-refractivity contribution in [1.82, 2.24) is 0 Å². The van der Waals surface area contributed by atoms with Crippen molar-refractivity contribution in [2.75, 3.05) is 0 Å². The quantitative estimate of drug-likeness (QED) is 0.614. The van der Waals surface area contributed by atoms with E-state index < -0.39 is 0 Å². The molecule has 0 saturated heterocycles. The molecule has 0 spiro atoms. The molecule has 0 radical (unpaired) electrons. The Bertz CT molecular complexity index is 299. The highest BCUT2D eigenvalue weighted by Gasteiger charge is 2.21. The van der Waals surface area contributed by atoms with Crippen LogP contribution in [0.3, 0.4) is 0 Å². The maximum Gasteiger partial charge on any atom is 0.0314 e. The molecule has 1 heterocycles. The topological polar surface area (TPSA) is 0 Å². The zero-order chi connectivity index (χ0) is 11.5. The third-order valence-corrected chi connectivity index (χ3v) is 6.31. The fraction of sp³-hybridized carbons (Fsp3) is 0.667. The number of rotatable bonds is 4. The van der Waals surface area contributed by atoms with Gasteiger partial charge in [-0.1, -0.05) is 36.7 Å². The molecule has 3 heteroatoms. The minimum absolute atomic E-state index is 0.368. The molecule has 1 aromatic heterocycles. The van der Waals surface area contributed by atoms with Gasteiger partial charge in [0.2, 0.25) is 0 Å². The van der Waals surface area contributed by atoms with Gasteiger partial charge in [0.25, 0.3) is 0 Å². The van der Waals surface area contributed by atoms with Crippen LogP contribution in [0, 0.1) is 5.41 Å². The van der Waals surface area contributed by atoms with Crippen molar-refractivity contribution in [2.45, 2.75) is 44.9 Å². The zero-order valence-electron chi connectivity index (χ0n) is 9.52. The van der Waals surface area contributed by atoms with E-state index >= 15 is 0 Å². The van der Waals surface area contributed by atoms with Crippen LogP contribution in [0.5, 0.6) is 0 Å². The summed E-state index contributed by atoms with van der Waals surface area (Å²) >= 11 is 9.19. The Hall–Kier alpha value is 0.660. The van der Waals surface area contributed by atoms with Gasteiger partial charge in [-0.15, -0.1) is 11.3 Å². The van der Waals surface area contributed by atoms with E-state index in [0.717, 1.165) is 0 Å². The second kappa shape index (κ2) is 5.83. The Morgan fingerprint density at radius 2 is 2.07 bits per heavy atom. The summed E-state index contributed by atoms with van der Waals surface area (Å²) in [7, 11) is 0. The summed E-state index contributed by atoms with van der Waals surface area (Å²) in [5.41, 5.74) is 0.368. The average Bonchev–Trinajstić information content (AvgIpc) is 2.50. The zero-order valence-corrected chi connectivity index (χ0v) is 13.5. The molecular formula is C12H18Br2S. The van der Waals surface area contributed by atoms with Crippen molar-refractivity contribution < 1.29 is 0 Å². The molecule has 1 aromatic rings. The Kier molecular flexibility index (Phi) is 5.33. The molecule has 0 nitrogen and oxygen atoms in total. The van der Waals surface area contributed by atoms with Crippen LogP contribution in [0.2, 0.25) is 0 Å². The third-order valence-electron chi connectivity index (χ3n) is 2.49. The van der Waals surface area contributed by atoms with Crippen LogP contribution in [0.15, 0.2) is 15.9 Å². The largest absolute Gasteiger partial charge is 0.148 e. The van der Waals surface area contributed by atoms with Crippen LogP contribution in [-0.2, 0) is 6.42 Å². The highest BCUT2D eigenvalue weighted by Crippen LogP contribution is 2.31. The predicted octanol–water partition coefficient (Wildman–Crippen LogP) is 5.64. The molecule has 86 valence electrons. The van der Waals surface area contributed by atoms with E-state index in [4.69, 9.17) is 0 Å². The van der Waals surface area contributed by atoms with Gasteiger partial charge in [0, 0.05) is 14.2 Å². The molecule has 0 fully saturated rings. The van der Waals surface area contributed by atoms with Crippen molar-refractivity contribution in [2.24, 2.45) is 5.41 Å². The maximum atomic E-state index is 3.77. The fourth-order valence-electron chi connectivity index (χ4n) is 1.38. The lowest BCUT2D eigenvalue weighted by molar-refractivity contribution is 0.380. The van der Waals surface area contributed by atoms with Crippen LogP contribution in [-0.4, -0.2) is 4.83 Å². The summed E-state index contributed by atoms with van der Waals surface area (Å²) in [6.45, 7) is 6.86. The standard InChI is InChI=1S/C12H18Br2S/c1-12(2,3)11(14)6-4-5-10-9(13)7-8-15-10/h7-8,11H,4-6H2,1-3H3. The van der Waals surface area contributed by atoms with Gasteiger partial charge in [-0.05, 0) is 52.1 Å². The number of hydrogen-bond donors (Lipinski definition) is 0. The molecule has 1 unspecified atom stereocenters. The van der Waals surface area contributed by atoms with Gasteiger partial charge in [0.05, 0.1) is 0 Å². The first-order valence-electron chi connectivity index (χ1n) is 5.27. The second-order valence-corrected chi connectivity index (χ2v) is 7.88. The molecule has 0 aliphatic carbocycles. The lowest BCUT2D eigenvalue weighted by Gasteiger charge is -2.25. The van der Waals surface area contributed by atoms with Crippen LogP contribution in [0.25, 0.3) is 0 Å². The molecule has 0 aliphatic heterocycles. The minimum Gasteiger partial charge on any atom is -0.148 e. The van der Waals surface area contributed by atoms with E-state index in [1.54, 1.807) is 0 Å². The van der Waals surface area contributed by atoms with Crippen LogP contribution in [0.4, 0.5) is 0 Å². The van der Waals surface area contributed by atoms with Crippen molar-refractivity contribution in [3.8, 4) is 0 Å². The summed E-state index contributed by atoms with van der Waals surface area (Å²) in [6, 6.07) is 2.13. The van der Waals surface area contributed by atoms with E-state index in [9.17, 15) is 0 Å². The highest BCUT2D eigenvalue weighted by atomic mass is 79.9. The van der Waals surface area contributed by atoms with Crippen molar-refractivity contribution in [3.63, 3.8) is 0 Å². The Morgan fingerprint density at radius 3 is 2.53 bits per heavy atom. The van der Waals surface area contributed by atoms with Crippen LogP contribution in [0.1, 0.15) is 38.5 Å². The first-order valence-corrected chi connectivity index (χ1v) is 7.86. The molecule has 0 N–H and O–H groups in total. The smallest absolute Gasteiger partial charge is 0.0314 e. The number of halogens is 2. The number of hydrogen-bond acceptors (Lipinski definition) is 1. The average molecular weight is 354 g/mol. The summed E-state index contributed by atoms with van der Waals surface area (Å²) in [6.07, 6.45) is 3.69. The summed E-state index contributed by atoms with van der Waals surface area (Å²) in [5, 5.41) is 2.15. The highest BCUT2D eigenvalue weighted by molar-refractivity contribution is 9.10. The normalized spacial score (nSPS) is 14.2. The monoisotopic (exact) mass is 352 g/mol. The SMILES string of the molecule is CC(C)(C)C(Br)CCCc1sccc1Br. The minimum atomic E-state index is 0.368. The van der Waals surface area contributed by atoms with Gasteiger partial charge in [-0.3, -0.25) is 0 Å². The summed E-state index contributed by atoms with van der Waals surface area (Å²) < 4.78 is 1.27. The first kappa shape index (κ1) is 13.7. The molecule has 0 bridgehead atoms.